The van der Waals surface area contributed by atoms with Gasteiger partial charge >= 0.3 is 0 Å². The molecule has 0 aliphatic heterocycles. The van der Waals surface area contributed by atoms with Crippen molar-refractivity contribution >= 4 is 15.9 Å². The highest BCUT2D eigenvalue weighted by Crippen LogP contribution is 2.16. The molecule has 0 bridgehead atoms. The monoisotopic (exact) mass is 288 g/mol. The van der Waals surface area contributed by atoms with Gasteiger partial charge in [-0.2, -0.15) is 0 Å². The molecule has 1 rings (SSSR count). The van der Waals surface area contributed by atoms with E-state index >= 15 is 0 Å². The van der Waals surface area contributed by atoms with Crippen molar-refractivity contribution in [1.29, 1.82) is 0 Å². The standard InChI is InChI=1S/C12H17FN2O3S/c1-8(2)7-15(3)12(16)10-6-9(19(14,17)18)4-5-11(10)13/h4-6,8H,7H2,1-3H3,(H2,14,17,18). The van der Waals surface area contributed by atoms with Crippen molar-refractivity contribution in [2.24, 2.45) is 11.1 Å². The van der Waals surface area contributed by atoms with Crippen molar-refractivity contribution in [1.82, 2.24) is 4.90 Å². The molecule has 0 fully saturated rings. The van der Waals surface area contributed by atoms with Gasteiger partial charge in [-0.15, -0.1) is 0 Å². The zero-order valence-corrected chi connectivity index (χ0v) is 11.9. The van der Waals surface area contributed by atoms with Crippen LogP contribution in [0.4, 0.5) is 4.39 Å². The average Bonchev–Trinajstić information content (AvgIpc) is 2.26. The molecule has 0 atom stereocenters. The topological polar surface area (TPSA) is 80.5 Å². The molecule has 5 nitrogen and oxygen atoms in total. The van der Waals surface area contributed by atoms with Crippen LogP contribution in [0, 0.1) is 11.7 Å². The van der Waals surface area contributed by atoms with E-state index < -0.39 is 21.7 Å². The molecule has 0 aliphatic rings. The van der Waals surface area contributed by atoms with E-state index in [9.17, 15) is 17.6 Å². The van der Waals surface area contributed by atoms with Gasteiger partial charge in [-0.05, 0) is 24.1 Å². The van der Waals surface area contributed by atoms with E-state index in [4.69, 9.17) is 5.14 Å². The predicted octanol–water partition coefficient (Wildman–Crippen LogP) is 1.20. The van der Waals surface area contributed by atoms with E-state index in [0.29, 0.717) is 6.54 Å². The van der Waals surface area contributed by atoms with Gasteiger partial charge in [0.2, 0.25) is 10.0 Å². The SMILES string of the molecule is CC(C)CN(C)C(=O)c1cc(S(N)(=O)=O)ccc1F. The summed E-state index contributed by atoms with van der Waals surface area (Å²) < 4.78 is 36.0. The second kappa shape index (κ2) is 5.66. The maximum atomic E-state index is 13.6. The quantitative estimate of drug-likeness (QED) is 0.904. The van der Waals surface area contributed by atoms with Crippen LogP contribution in [0.2, 0.25) is 0 Å². The zero-order chi connectivity index (χ0) is 14.8. The van der Waals surface area contributed by atoms with Gasteiger partial charge in [-0.3, -0.25) is 4.79 Å². The Morgan fingerprint density at radius 2 is 2.00 bits per heavy atom. The minimum Gasteiger partial charge on any atom is -0.341 e. The number of nitrogens with two attached hydrogens (primary N) is 1. The highest BCUT2D eigenvalue weighted by atomic mass is 32.2. The summed E-state index contributed by atoms with van der Waals surface area (Å²) in [7, 11) is -2.43. The molecule has 19 heavy (non-hydrogen) atoms. The lowest BCUT2D eigenvalue weighted by molar-refractivity contribution is 0.0774. The molecule has 0 saturated carbocycles. The van der Waals surface area contributed by atoms with Crippen molar-refractivity contribution in [2.75, 3.05) is 13.6 Å². The summed E-state index contributed by atoms with van der Waals surface area (Å²) in [5, 5.41) is 4.96. The molecule has 0 aromatic heterocycles. The Morgan fingerprint density at radius 1 is 1.42 bits per heavy atom. The lowest BCUT2D eigenvalue weighted by Gasteiger charge is -2.19. The van der Waals surface area contributed by atoms with Gasteiger partial charge in [0, 0.05) is 13.6 Å². The van der Waals surface area contributed by atoms with Crippen molar-refractivity contribution in [3.63, 3.8) is 0 Å². The number of rotatable bonds is 4. The molecule has 7 heteroatoms. The molecule has 2 N–H and O–H groups in total. The Kier molecular flexibility index (Phi) is 4.65. The average molecular weight is 288 g/mol. The van der Waals surface area contributed by atoms with E-state index in [-0.39, 0.29) is 16.4 Å². The van der Waals surface area contributed by atoms with E-state index in [1.54, 1.807) is 0 Å². The summed E-state index contributed by atoms with van der Waals surface area (Å²) in [5.41, 5.74) is -0.297. The minimum absolute atomic E-state index is 0.221. The van der Waals surface area contributed by atoms with Gasteiger partial charge < -0.3 is 4.90 Å². The van der Waals surface area contributed by atoms with E-state index in [1.165, 1.54) is 11.9 Å². The minimum atomic E-state index is -3.96. The van der Waals surface area contributed by atoms with Gasteiger partial charge in [0.05, 0.1) is 10.5 Å². The summed E-state index contributed by atoms with van der Waals surface area (Å²) in [4.78, 5) is 13.1. The lowest BCUT2D eigenvalue weighted by Crippen LogP contribution is -2.31. The fraction of sp³-hybridized carbons (Fsp3) is 0.417. The van der Waals surface area contributed by atoms with Crippen LogP contribution in [0.1, 0.15) is 24.2 Å². The van der Waals surface area contributed by atoms with E-state index in [1.807, 2.05) is 13.8 Å². The van der Waals surface area contributed by atoms with Crippen LogP contribution in [0.3, 0.4) is 0 Å². The van der Waals surface area contributed by atoms with E-state index in [0.717, 1.165) is 18.2 Å². The highest BCUT2D eigenvalue weighted by Gasteiger charge is 2.20. The Bertz CT molecular complexity index is 585. The van der Waals surface area contributed by atoms with Gasteiger partial charge in [0.25, 0.3) is 5.91 Å². The number of primary sulfonamides is 1. The number of nitrogens with zero attached hydrogens (tertiary/aromatic N) is 1. The van der Waals surface area contributed by atoms with Gasteiger partial charge in [0.15, 0.2) is 0 Å². The number of sulfonamides is 1. The third-order valence-corrected chi connectivity index (χ3v) is 3.39. The fourth-order valence-corrected chi connectivity index (χ4v) is 2.22. The van der Waals surface area contributed by atoms with Crippen molar-refractivity contribution < 1.29 is 17.6 Å². The molecule has 106 valence electrons. The highest BCUT2D eigenvalue weighted by molar-refractivity contribution is 7.89. The zero-order valence-electron chi connectivity index (χ0n) is 11.1. The number of carbonyl (C=O) groups is 1. The van der Waals surface area contributed by atoms with Crippen molar-refractivity contribution in [3.8, 4) is 0 Å². The van der Waals surface area contributed by atoms with Crippen LogP contribution in [0.25, 0.3) is 0 Å². The summed E-state index contributed by atoms with van der Waals surface area (Å²) >= 11 is 0. The Hall–Kier alpha value is -1.47. The first-order valence-electron chi connectivity index (χ1n) is 5.70. The molecule has 0 unspecified atom stereocenters. The number of hydrogen-bond donors (Lipinski definition) is 1. The number of benzene rings is 1. The predicted molar refractivity (Wildman–Crippen MR) is 69.6 cm³/mol. The number of halogens is 1. The molecular formula is C12H17FN2O3S. The van der Waals surface area contributed by atoms with Gasteiger partial charge in [-0.1, -0.05) is 13.8 Å². The molecule has 0 saturated heterocycles. The first kappa shape index (κ1) is 15.6. The molecule has 0 spiro atoms. The normalized spacial score (nSPS) is 11.7. The molecule has 1 aromatic carbocycles. The second-order valence-corrected chi connectivity index (χ2v) is 6.33. The molecule has 1 aromatic rings. The van der Waals surface area contributed by atoms with Crippen LogP contribution < -0.4 is 5.14 Å². The van der Waals surface area contributed by atoms with Crippen LogP contribution in [-0.4, -0.2) is 32.8 Å². The molecule has 0 aliphatic carbocycles. The maximum absolute atomic E-state index is 13.6. The number of carbonyl (C=O) groups excluding carboxylic acids is 1. The van der Waals surface area contributed by atoms with Gasteiger partial charge in [0.1, 0.15) is 5.82 Å². The summed E-state index contributed by atoms with van der Waals surface area (Å²) in [5.74, 6) is -1.12. The van der Waals surface area contributed by atoms with Crippen LogP contribution in [0.5, 0.6) is 0 Å². The molecule has 1 amide bonds. The lowest BCUT2D eigenvalue weighted by atomic mass is 10.1. The molecular weight excluding hydrogens is 271 g/mol. The van der Waals surface area contributed by atoms with Crippen molar-refractivity contribution in [3.05, 3.63) is 29.6 Å². The number of hydrogen-bond acceptors (Lipinski definition) is 3. The van der Waals surface area contributed by atoms with Crippen LogP contribution >= 0.6 is 0 Å². The van der Waals surface area contributed by atoms with Crippen molar-refractivity contribution in [2.45, 2.75) is 18.7 Å². The third kappa shape index (κ3) is 4.00. The Balaban J connectivity index is 3.16. The third-order valence-electron chi connectivity index (χ3n) is 2.48. The van der Waals surface area contributed by atoms with E-state index in [2.05, 4.69) is 0 Å². The largest absolute Gasteiger partial charge is 0.341 e. The summed E-state index contributed by atoms with van der Waals surface area (Å²) in [6.45, 7) is 4.28. The molecule has 0 heterocycles. The Morgan fingerprint density at radius 3 is 2.47 bits per heavy atom. The summed E-state index contributed by atoms with van der Waals surface area (Å²) in [6, 6.07) is 2.92. The van der Waals surface area contributed by atoms with Crippen LogP contribution in [-0.2, 0) is 10.0 Å². The van der Waals surface area contributed by atoms with Gasteiger partial charge in [-0.25, -0.2) is 17.9 Å². The smallest absolute Gasteiger partial charge is 0.256 e. The number of amides is 1. The first-order valence-corrected chi connectivity index (χ1v) is 7.25. The molecule has 0 radical (unpaired) electrons. The first-order chi connectivity index (χ1) is 8.62. The Labute approximate surface area is 112 Å². The fourth-order valence-electron chi connectivity index (χ4n) is 1.68. The summed E-state index contributed by atoms with van der Waals surface area (Å²) in [6.07, 6.45) is 0. The second-order valence-electron chi connectivity index (χ2n) is 4.77. The van der Waals surface area contributed by atoms with Crippen LogP contribution in [0.15, 0.2) is 23.1 Å². The maximum Gasteiger partial charge on any atom is 0.256 e.